The van der Waals surface area contributed by atoms with Crippen LogP contribution >= 0.6 is 11.8 Å². The second-order valence-corrected chi connectivity index (χ2v) is 5.74. The average molecular weight is 267 g/mol. The zero-order valence-corrected chi connectivity index (χ0v) is 12.6. The van der Waals surface area contributed by atoms with E-state index in [4.69, 9.17) is 4.74 Å². The van der Waals surface area contributed by atoms with Gasteiger partial charge in [0.2, 0.25) is 0 Å². The Labute approximate surface area is 116 Å². The molecule has 1 aromatic carbocycles. The first-order valence-electron chi connectivity index (χ1n) is 6.79. The Morgan fingerprint density at radius 2 is 2.17 bits per heavy atom. The molecule has 0 bridgehead atoms. The zero-order chi connectivity index (χ0) is 13.2. The molecule has 0 amide bonds. The maximum absolute atomic E-state index is 5.50. The molecule has 1 N–H and O–H groups in total. The molecule has 1 rings (SSSR count). The van der Waals surface area contributed by atoms with Gasteiger partial charge in [-0.25, -0.2) is 0 Å². The van der Waals surface area contributed by atoms with Crippen LogP contribution in [0, 0.1) is 0 Å². The van der Waals surface area contributed by atoms with Gasteiger partial charge in [0, 0.05) is 12.6 Å². The van der Waals surface area contributed by atoms with Gasteiger partial charge in [-0.05, 0) is 49.5 Å². The van der Waals surface area contributed by atoms with Crippen LogP contribution in [0.15, 0.2) is 24.3 Å². The Kier molecular flexibility index (Phi) is 7.94. The van der Waals surface area contributed by atoms with Gasteiger partial charge < -0.3 is 10.1 Å². The summed E-state index contributed by atoms with van der Waals surface area (Å²) in [6.45, 7) is 8.11. The molecule has 1 unspecified atom stereocenters. The molecule has 0 fully saturated rings. The van der Waals surface area contributed by atoms with Gasteiger partial charge in [-0.2, -0.15) is 11.8 Å². The molecule has 0 spiro atoms. The number of ether oxygens (including phenoxy) is 1. The van der Waals surface area contributed by atoms with E-state index in [1.54, 1.807) is 0 Å². The normalized spacial score (nSPS) is 12.4. The predicted octanol–water partition coefficient (Wildman–Crippen LogP) is 3.71. The van der Waals surface area contributed by atoms with Crippen LogP contribution in [0.5, 0.6) is 5.75 Å². The van der Waals surface area contributed by atoms with Crippen molar-refractivity contribution in [3.05, 3.63) is 29.8 Å². The third-order valence-electron chi connectivity index (χ3n) is 2.76. The molecule has 102 valence electrons. The summed E-state index contributed by atoms with van der Waals surface area (Å²) in [5.41, 5.74) is 1.29. The standard InChI is InChI=1S/C15H25NOS/c1-4-17-15-8-6-7-14(11-15)12-16-13(3)9-10-18-5-2/h6-8,11,13,16H,4-5,9-10,12H2,1-3H3. The Hall–Kier alpha value is -0.670. The van der Waals surface area contributed by atoms with Crippen LogP contribution in [0.1, 0.15) is 32.8 Å². The number of thioether (sulfide) groups is 1. The van der Waals surface area contributed by atoms with Crippen molar-refractivity contribution in [1.29, 1.82) is 0 Å². The highest BCUT2D eigenvalue weighted by Gasteiger charge is 2.02. The lowest BCUT2D eigenvalue weighted by molar-refractivity contribution is 0.339. The predicted molar refractivity (Wildman–Crippen MR) is 81.5 cm³/mol. The Morgan fingerprint density at radius 3 is 2.89 bits per heavy atom. The summed E-state index contributed by atoms with van der Waals surface area (Å²) in [7, 11) is 0. The fourth-order valence-corrected chi connectivity index (χ4v) is 2.52. The molecule has 3 heteroatoms. The molecule has 0 saturated carbocycles. The van der Waals surface area contributed by atoms with E-state index in [9.17, 15) is 0 Å². The summed E-state index contributed by atoms with van der Waals surface area (Å²) >= 11 is 2.01. The molecule has 1 aromatic rings. The molecule has 0 aliphatic rings. The van der Waals surface area contributed by atoms with Crippen LogP contribution in [0.25, 0.3) is 0 Å². The molecule has 18 heavy (non-hydrogen) atoms. The van der Waals surface area contributed by atoms with Gasteiger partial charge in [-0.15, -0.1) is 0 Å². The molecule has 1 atom stereocenters. The first-order chi connectivity index (χ1) is 8.76. The van der Waals surface area contributed by atoms with E-state index in [-0.39, 0.29) is 0 Å². The maximum atomic E-state index is 5.50. The number of benzene rings is 1. The molecule has 0 aliphatic heterocycles. The first-order valence-corrected chi connectivity index (χ1v) is 7.94. The van der Waals surface area contributed by atoms with Gasteiger partial charge in [-0.3, -0.25) is 0 Å². The van der Waals surface area contributed by atoms with Crippen LogP contribution < -0.4 is 10.1 Å². The minimum atomic E-state index is 0.569. The molecule has 0 heterocycles. The van der Waals surface area contributed by atoms with Crippen molar-refractivity contribution in [2.24, 2.45) is 0 Å². The van der Waals surface area contributed by atoms with Crippen LogP contribution in [0.2, 0.25) is 0 Å². The summed E-state index contributed by atoms with van der Waals surface area (Å²) in [5.74, 6) is 3.42. The average Bonchev–Trinajstić information content (AvgIpc) is 2.38. The minimum Gasteiger partial charge on any atom is -0.494 e. The Bertz CT molecular complexity index is 330. The highest BCUT2D eigenvalue weighted by Crippen LogP contribution is 2.13. The van der Waals surface area contributed by atoms with Crippen LogP contribution in [-0.4, -0.2) is 24.2 Å². The number of rotatable bonds is 9. The second kappa shape index (κ2) is 9.29. The second-order valence-electron chi connectivity index (χ2n) is 4.35. The fourth-order valence-electron chi connectivity index (χ4n) is 1.71. The van der Waals surface area contributed by atoms with Crippen molar-refractivity contribution in [3.63, 3.8) is 0 Å². The molecule has 0 saturated heterocycles. The van der Waals surface area contributed by atoms with E-state index in [1.165, 1.54) is 23.5 Å². The lowest BCUT2D eigenvalue weighted by Gasteiger charge is -2.14. The molecule has 0 aromatic heterocycles. The minimum absolute atomic E-state index is 0.569. The topological polar surface area (TPSA) is 21.3 Å². The van der Waals surface area contributed by atoms with E-state index in [1.807, 2.05) is 24.8 Å². The SMILES string of the molecule is CCOc1cccc(CNC(C)CCSCC)c1. The van der Waals surface area contributed by atoms with Crippen molar-refractivity contribution >= 4 is 11.8 Å². The monoisotopic (exact) mass is 267 g/mol. The van der Waals surface area contributed by atoms with Crippen LogP contribution in [-0.2, 0) is 6.54 Å². The first kappa shape index (κ1) is 15.4. The lowest BCUT2D eigenvalue weighted by atomic mass is 10.2. The maximum Gasteiger partial charge on any atom is 0.119 e. The quantitative estimate of drug-likeness (QED) is 0.689. The smallest absolute Gasteiger partial charge is 0.119 e. The van der Waals surface area contributed by atoms with Crippen molar-refractivity contribution in [2.45, 2.75) is 39.8 Å². The number of nitrogens with one attached hydrogen (secondary N) is 1. The van der Waals surface area contributed by atoms with Gasteiger partial charge in [-0.1, -0.05) is 19.1 Å². The molecular formula is C15H25NOS. The summed E-state index contributed by atoms with van der Waals surface area (Å²) < 4.78 is 5.50. The zero-order valence-electron chi connectivity index (χ0n) is 11.7. The number of hydrogen-bond donors (Lipinski definition) is 1. The Morgan fingerprint density at radius 1 is 1.33 bits per heavy atom. The summed E-state index contributed by atoms with van der Waals surface area (Å²) in [6.07, 6.45) is 1.23. The Balaban J connectivity index is 2.31. The third kappa shape index (κ3) is 6.31. The van der Waals surface area contributed by atoms with Crippen LogP contribution in [0.4, 0.5) is 0 Å². The molecule has 2 nitrogen and oxygen atoms in total. The molecule has 0 aliphatic carbocycles. The lowest BCUT2D eigenvalue weighted by Crippen LogP contribution is -2.26. The van der Waals surface area contributed by atoms with Gasteiger partial charge in [0.05, 0.1) is 6.61 Å². The summed E-state index contributed by atoms with van der Waals surface area (Å²) in [5, 5.41) is 3.56. The van der Waals surface area contributed by atoms with Gasteiger partial charge in [0.25, 0.3) is 0 Å². The third-order valence-corrected chi connectivity index (χ3v) is 3.70. The van der Waals surface area contributed by atoms with Crippen molar-refractivity contribution in [3.8, 4) is 5.75 Å². The van der Waals surface area contributed by atoms with E-state index in [0.717, 1.165) is 18.9 Å². The summed E-state index contributed by atoms with van der Waals surface area (Å²) in [6, 6.07) is 8.89. The largest absolute Gasteiger partial charge is 0.494 e. The van der Waals surface area contributed by atoms with Gasteiger partial charge in [0.15, 0.2) is 0 Å². The molecular weight excluding hydrogens is 242 g/mol. The highest BCUT2D eigenvalue weighted by atomic mass is 32.2. The van der Waals surface area contributed by atoms with Gasteiger partial charge >= 0.3 is 0 Å². The van der Waals surface area contributed by atoms with Crippen molar-refractivity contribution in [1.82, 2.24) is 5.32 Å². The molecule has 0 radical (unpaired) electrons. The van der Waals surface area contributed by atoms with E-state index >= 15 is 0 Å². The van der Waals surface area contributed by atoms with Crippen molar-refractivity contribution in [2.75, 3.05) is 18.1 Å². The van der Waals surface area contributed by atoms with E-state index < -0.39 is 0 Å². The van der Waals surface area contributed by atoms with Crippen molar-refractivity contribution < 1.29 is 4.74 Å². The summed E-state index contributed by atoms with van der Waals surface area (Å²) in [4.78, 5) is 0. The van der Waals surface area contributed by atoms with Crippen LogP contribution in [0.3, 0.4) is 0 Å². The fraction of sp³-hybridized carbons (Fsp3) is 0.600. The number of hydrogen-bond acceptors (Lipinski definition) is 3. The van der Waals surface area contributed by atoms with E-state index in [0.29, 0.717) is 6.04 Å². The van der Waals surface area contributed by atoms with Gasteiger partial charge in [0.1, 0.15) is 5.75 Å². The van der Waals surface area contributed by atoms with E-state index in [2.05, 4.69) is 37.4 Å². The highest BCUT2D eigenvalue weighted by molar-refractivity contribution is 7.99.